The second-order valence-electron chi connectivity index (χ2n) is 3.54. The van der Waals surface area contributed by atoms with Crippen LogP contribution in [0.1, 0.15) is 20.8 Å². The zero-order chi connectivity index (χ0) is 11.6. The SMILES string of the molecule is CC(C)OC(C)Cn1sc(Cl)c(Cl)c1=O. The minimum Gasteiger partial charge on any atom is -0.374 e. The van der Waals surface area contributed by atoms with Crippen LogP contribution in [0.15, 0.2) is 4.79 Å². The summed E-state index contributed by atoms with van der Waals surface area (Å²) in [6.45, 7) is 6.30. The Morgan fingerprint density at radius 2 is 2.00 bits per heavy atom. The van der Waals surface area contributed by atoms with Crippen molar-refractivity contribution in [2.45, 2.75) is 39.5 Å². The third-order valence-corrected chi connectivity index (χ3v) is 3.56. The molecule has 3 nitrogen and oxygen atoms in total. The molecule has 1 aromatic heterocycles. The quantitative estimate of drug-likeness (QED) is 0.842. The highest BCUT2D eigenvalue weighted by Gasteiger charge is 2.14. The Hall–Kier alpha value is -0.0300. The Bertz CT molecular complexity index is 386. The summed E-state index contributed by atoms with van der Waals surface area (Å²) in [4.78, 5) is 11.5. The fourth-order valence-electron chi connectivity index (χ4n) is 1.23. The van der Waals surface area contributed by atoms with Crippen LogP contribution in [0.4, 0.5) is 0 Å². The Morgan fingerprint density at radius 1 is 1.40 bits per heavy atom. The van der Waals surface area contributed by atoms with Crippen LogP contribution < -0.4 is 5.56 Å². The number of hydrogen-bond acceptors (Lipinski definition) is 3. The molecule has 0 radical (unpaired) electrons. The first-order chi connectivity index (χ1) is 6.91. The second-order valence-corrected chi connectivity index (χ2v) is 5.55. The highest BCUT2D eigenvalue weighted by molar-refractivity contribution is 7.11. The van der Waals surface area contributed by atoms with Crippen LogP contribution in [0.25, 0.3) is 0 Å². The standard InChI is InChI=1S/C9H13Cl2NO2S/c1-5(2)14-6(3)4-12-9(13)7(10)8(11)15-12/h5-6H,4H2,1-3H3. The Balaban J connectivity index is 2.73. The van der Waals surface area contributed by atoms with Crippen LogP contribution in [0.2, 0.25) is 9.36 Å². The lowest BCUT2D eigenvalue weighted by atomic mass is 10.4. The summed E-state index contributed by atoms with van der Waals surface area (Å²) in [5, 5.41) is 0.0958. The van der Waals surface area contributed by atoms with Crippen molar-refractivity contribution in [3.05, 3.63) is 19.7 Å². The molecular formula is C9H13Cl2NO2S. The summed E-state index contributed by atoms with van der Waals surface area (Å²) < 4.78 is 7.36. The van der Waals surface area contributed by atoms with Gasteiger partial charge in [0.1, 0.15) is 9.36 Å². The lowest BCUT2D eigenvalue weighted by Gasteiger charge is -2.15. The van der Waals surface area contributed by atoms with Crippen molar-refractivity contribution >= 4 is 34.7 Å². The van der Waals surface area contributed by atoms with Gasteiger partial charge in [0.05, 0.1) is 18.8 Å². The molecule has 0 aliphatic carbocycles. The zero-order valence-electron chi connectivity index (χ0n) is 8.79. The molecular weight excluding hydrogens is 257 g/mol. The summed E-state index contributed by atoms with van der Waals surface area (Å²) in [5.41, 5.74) is -0.245. The van der Waals surface area contributed by atoms with E-state index in [1.165, 1.54) is 3.96 Å². The van der Waals surface area contributed by atoms with Crippen LogP contribution in [-0.4, -0.2) is 16.2 Å². The first-order valence-electron chi connectivity index (χ1n) is 4.62. The number of nitrogens with zero attached hydrogens (tertiary/aromatic N) is 1. The molecule has 0 N–H and O–H groups in total. The monoisotopic (exact) mass is 269 g/mol. The van der Waals surface area contributed by atoms with E-state index in [1.54, 1.807) is 0 Å². The van der Waals surface area contributed by atoms with Crippen molar-refractivity contribution in [2.75, 3.05) is 0 Å². The van der Waals surface area contributed by atoms with Crippen molar-refractivity contribution in [2.24, 2.45) is 0 Å². The van der Waals surface area contributed by atoms with Gasteiger partial charge < -0.3 is 4.74 Å². The summed E-state index contributed by atoms with van der Waals surface area (Å²) >= 11 is 12.6. The Morgan fingerprint density at radius 3 is 2.40 bits per heavy atom. The van der Waals surface area contributed by atoms with Crippen molar-refractivity contribution < 1.29 is 4.74 Å². The highest BCUT2D eigenvalue weighted by Crippen LogP contribution is 2.23. The molecule has 0 aliphatic rings. The number of halogens is 2. The topological polar surface area (TPSA) is 31.2 Å². The van der Waals surface area contributed by atoms with Crippen LogP contribution in [0, 0.1) is 0 Å². The van der Waals surface area contributed by atoms with Crippen LogP contribution in [0.3, 0.4) is 0 Å². The molecule has 1 aromatic rings. The van der Waals surface area contributed by atoms with Gasteiger partial charge in [-0.2, -0.15) is 0 Å². The van der Waals surface area contributed by atoms with Crippen LogP contribution >= 0.6 is 34.7 Å². The summed E-state index contributed by atoms with van der Waals surface area (Å²) in [6, 6.07) is 0. The lowest BCUT2D eigenvalue weighted by Crippen LogP contribution is -2.24. The van der Waals surface area contributed by atoms with E-state index in [-0.39, 0.29) is 22.8 Å². The molecule has 6 heteroatoms. The van der Waals surface area contributed by atoms with Gasteiger partial charge in [-0.3, -0.25) is 8.75 Å². The molecule has 0 fully saturated rings. The van der Waals surface area contributed by atoms with E-state index in [9.17, 15) is 4.79 Å². The molecule has 0 bridgehead atoms. The maximum atomic E-state index is 11.5. The summed E-state index contributed by atoms with van der Waals surface area (Å²) in [5.74, 6) is 0. The predicted octanol–water partition coefficient (Wildman–Crippen LogP) is 3.03. The molecule has 0 saturated carbocycles. The molecule has 1 rings (SSSR count). The molecule has 1 unspecified atom stereocenters. The maximum absolute atomic E-state index is 11.5. The fourth-order valence-corrected chi connectivity index (χ4v) is 2.64. The van der Waals surface area contributed by atoms with Gasteiger partial charge in [-0.25, -0.2) is 0 Å². The van der Waals surface area contributed by atoms with E-state index < -0.39 is 0 Å². The van der Waals surface area contributed by atoms with Gasteiger partial charge in [0.25, 0.3) is 5.56 Å². The smallest absolute Gasteiger partial charge is 0.281 e. The molecule has 1 heterocycles. The van der Waals surface area contributed by atoms with Gasteiger partial charge in [0.2, 0.25) is 0 Å². The minimum absolute atomic E-state index is 0.0338. The Labute approximate surface area is 103 Å². The lowest BCUT2D eigenvalue weighted by molar-refractivity contribution is 0.0108. The average molecular weight is 270 g/mol. The van der Waals surface area contributed by atoms with Gasteiger partial charge in [0.15, 0.2) is 0 Å². The first-order valence-corrected chi connectivity index (χ1v) is 6.15. The van der Waals surface area contributed by atoms with Gasteiger partial charge >= 0.3 is 0 Å². The molecule has 15 heavy (non-hydrogen) atoms. The van der Waals surface area contributed by atoms with Crippen LogP contribution in [-0.2, 0) is 11.3 Å². The average Bonchev–Trinajstić information content (AvgIpc) is 2.32. The van der Waals surface area contributed by atoms with Gasteiger partial charge in [-0.05, 0) is 32.3 Å². The second kappa shape index (κ2) is 5.34. The van der Waals surface area contributed by atoms with E-state index in [4.69, 9.17) is 27.9 Å². The number of ether oxygens (including phenoxy) is 1. The van der Waals surface area contributed by atoms with Gasteiger partial charge in [-0.1, -0.05) is 23.2 Å². The van der Waals surface area contributed by atoms with Gasteiger partial charge in [0, 0.05) is 0 Å². The predicted molar refractivity (Wildman–Crippen MR) is 64.3 cm³/mol. The number of rotatable bonds is 4. The van der Waals surface area contributed by atoms with E-state index in [0.717, 1.165) is 11.5 Å². The maximum Gasteiger partial charge on any atom is 0.281 e. The number of hydrogen-bond donors (Lipinski definition) is 0. The highest BCUT2D eigenvalue weighted by atomic mass is 35.5. The largest absolute Gasteiger partial charge is 0.374 e. The summed E-state index contributed by atoms with van der Waals surface area (Å²) in [6.07, 6.45) is 0.107. The fraction of sp³-hybridized carbons (Fsp3) is 0.667. The summed E-state index contributed by atoms with van der Waals surface area (Å²) in [7, 11) is 0. The van der Waals surface area contributed by atoms with E-state index in [0.29, 0.717) is 10.9 Å². The molecule has 0 saturated heterocycles. The van der Waals surface area contributed by atoms with Crippen molar-refractivity contribution in [1.29, 1.82) is 0 Å². The normalized spacial score (nSPS) is 13.5. The third kappa shape index (κ3) is 3.48. The molecule has 86 valence electrons. The van der Waals surface area contributed by atoms with Gasteiger partial charge in [-0.15, -0.1) is 0 Å². The molecule has 0 aliphatic heterocycles. The van der Waals surface area contributed by atoms with E-state index in [1.807, 2.05) is 20.8 Å². The van der Waals surface area contributed by atoms with Crippen molar-refractivity contribution in [1.82, 2.24) is 3.96 Å². The Kier molecular flexibility index (Phi) is 4.64. The third-order valence-electron chi connectivity index (χ3n) is 1.70. The molecule has 0 amide bonds. The van der Waals surface area contributed by atoms with Crippen LogP contribution in [0.5, 0.6) is 0 Å². The van der Waals surface area contributed by atoms with Crippen molar-refractivity contribution in [3.8, 4) is 0 Å². The minimum atomic E-state index is -0.245. The first kappa shape index (κ1) is 13.0. The molecule has 0 aromatic carbocycles. The van der Waals surface area contributed by atoms with E-state index in [2.05, 4.69) is 0 Å². The zero-order valence-corrected chi connectivity index (χ0v) is 11.1. The van der Waals surface area contributed by atoms with Crippen molar-refractivity contribution in [3.63, 3.8) is 0 Å². The number of aromatic nitrogens is 1. The van der Waals surface area contributed by atoms with E-state index >= 15 is 0 Å². The molecule has 1 atom stereocenters. The molecule has 0 spiro atoms.